The Balaban J connectivity index is 1.33. The summed E-state index contributed by atoms with van der Waals surface area (Å²) in [4.78, 5) is 30.1. The highest BCUT2D eigenvalue weighted by molar-refractivity contribution is 6.30. The standard InChI is InChI=1S/C25H27ClN2O4/c26-21-8-6-20(7-9-21)25(11-14-31-15-12-25)22(29)27-13-10-24(17-27)18-28(23(30)32-24)16-19-4-2-1-3-5-19/h1-9H,10-18H2. The maximum Gasteiger partial charge on any atom is 0.410 e. The molecule has 3 heterocycles. The molecule has 3 saturated heterocycles. The molecule has 3 fully saturated rings. The molecule has 2 amide bonds. The number of nitrogens with zero attached hydrogens (tertiary/aromatic N) is 2. The number of rotatable bonds is 4. The Morgan fingerprint density at radius 3 is 2.41 bits per heavy atom. The Labute approximate surface area is 193 Å². The molecule has 168 valence electrons. The number of benzene rings is 2. The van der Waals surface area contributed by atoms with Crippen molar-refractivity contribution in [2.75, 3.05) is 32.8 Å². The number of halogens is 1. The Bertz CT molecular complexity index is 991. The van der Waals surface area contributed by atoms with Crippen LogP contribution in [0, 0.1) is 0 Å². The summed E-state index contributed by atoms with van der Waals surface area (Å²) in [5.74, 6) is 0.0950. The highest BCUT2D eigenvalue weighted by Crippen LogP contribution is 2.41. The molecule has 0 aromatic heterocycles. The summed E-state index contributed by atoms with van der Waals surface area (Å²) in [6.45, 7) is 3.13. The molecule has 0 saturated carbocycles. The van der Waals surface area contributed by atoms with Crippen molar-refractivity contribution >= 4 is 23.6 Å². The molecule has 3 aliphatic rings. The third-order valence-corrected chi connectivity index (χ3v) is 7.27. The number of hydrogen-bond donors (Lipinski definition) is 0. The van der Waals surface area contributed by atoms with E-state index in [0.29, 0.717) is 63.7 Å². The lowest BCUT2D eigenvalue weighted by Crippen LogP contribution is -2.50. The van der Waals surface area contributed by atoms with Crippen LogP contribution in [-0.4, -0.2) is 60.2 Å². The van der Waals surface area contributed by atoms with Crippen molar-refractivity contribution in [2.45, 2.75) is 36.8 Å². The minimum atomic E-state index is -0.631. The first-order valence-electron chi connectivity index (χ1n) is 11.1. The van der Waals surface area contributed by atoms with Crippen molar-refractivity contribution in [1.82, 2.24) is 9.80 Å². The summed E-state index contributed by atoms with van der Waals surface area (Å²) in [5.41, 5.74) is 0.788. The van der Waals surface area contributed by atoms with Gasteiger partial charge in [-0.3, -0.25) is 9.69 Å². The average Bonchev–Trinajstić information content (AvgIpc) is 3.36. The van der Waals surface area contributed by atoms with Crippen molar-refractivity contribution < 1.29 is 19.1 Å². The topological polar surface area (TPSA) is 59.1 Å². The fraction of sp³-hybridized carbons (Fsp3) is 0.440. The zero-order valence-corrected chi connectivity index (χ0v) is 18.7. The van der Waals surface area contributed by atoms with Crippen molar-refractivity contribution in [1.29, 1.82) is 0 Å². The van der Waals surface area contributed by atoms with E-state index in [0.717, 1.165) is 11.1 Å². The van der Waals surface area contributed by atoms with Crippen molar-refractivity contribution in [3.8, 4) is 0 Å². The van der Waals surface area contributed by atoms with E-state index >= 15 is 0 Å². The molecule has 32 heavy (non-hydrogen) atoms. The molecular weight excluding hydrogens is 428 g/mol. The van der Waals surface area contributed by atoms with Gasteiger partial charge in [-0.15, -0.1) is 0 Å². The molecule has 0 radical (unpaired) electrons. The molecule has 0 aliphatic carbocycles. The number of amides is 2. The summed E-state index contributed by atoms with van der Waals surface area (Å²) in [6, 6.07) is 17.5. The van der Waals surface area contributed by atoms with Gasteiger partial charge in [0.15, 0.2) is 5.60 Å². The van der Waals surface area contributed by atoms with Crippen LogP contribution < -0.4 is 0 Å². The van der Waals surface area contributed by atoms with Crippen LogP contribution in [0.1, 0.15) is 30.4 Å². The van der Waals surface area contributed by atoms with Crippen LogP contribution in [0.15, 0.2) is 54.6 Å². The van der Waals surface area contributed by atoms with Crippen LogP contribution in [0.4, 0.5) is 4.79 Å². The Morgan fingerprint density at radius 1 is 0.969 bits per heavy atom. The second-order valence-electron chi connectivity index (χ2n) is 9.07. The van der Waals surface area contributed by atoms with Crippen LogP contribution in [0.5, 0.6) is 0 Å². The monoisotopic (exact) mass is 454 g/mol. The summed E-state index contributed by atoms with van der Waals surface area (Å²) in [5, 5.41) is 0.653. The minimum Gasteiger partial charge on any atom is -0.439 e. The third-order valence-electron chi connectivity index (χ3n) is 7.01. The van der Waals surface area contributed by atoms with Gasteiger partial charge in [0.2, 0.25) is 5.91 Å². The van der Waals surface area contributed by atoms with Gasteiger partial charge in [-0.2, -0.15) is 0 Å². The van der Waals surface area contributed by atoms with Crippen LogP contribution in [0.25, 0.3) is 0 Å². The van der Waals surface area contributed by atoms with Crippen molar-refractivity contribution in [2.24, 2.45) is 0 Å². The molecule has 1 spiro atoms. The molecule has 5 rings (SSSR count). The maximum atomic E-state index is 13.9. The zero-order valence-electron chi connectivity index (χ0n) is 18.0. The van der Waals surface area contributed by atoms with E-state index in [1.54, 1.807) is 4.90 Å². The van der Waals surface area contributed by atoms with Gasteiger partial charge in [-0.1, -0.05) is 54.1 Å². The second kappa shape index (κ2) is 8.41. The van der Waals surface area contributed by atoms with E-state index in [1.165, 1.54) is 0 Å². The second-order valence-corrected chi connectivity index (χ2v) is 9.51. The normalized spacial score (nSPS) is 24.7. The van der Waals surface area contributed by atoms with Gasteiger partial charge in [0.25, 0.3) is 0 Å². The lowest BCUT2D eigenvalue weighted by Gasteiger charge is -2.39. The fourth-order valence-corrected chi connectivity index (χ4v) is 5.39. The SMILES string of the molecule is O=C1OC2(CCN(C(=O)C3(c4ccc(Cl)cc4)CCOCC3)C2)CN1Cc1ccccc1. The van der Waals surface area contributed by atoms with E-state index in [-0.39, 0.29) is 12.0 Å². The lowest BCUT2D eigenvalue weighted by molar-refractivity contribution is -0.141. The molecule has 0 N–H and O–H groups in total. The molecule has 1 unspecified atom stereocenters. The van der Waals surface area contributed by atoms with Crippen LogP contribution in [0.3, 0.4) is 0 Å². The molecule has 2 aromatic carbocycles. The highest BCUT2D eigenvalue weighted by Gasteiger charge is 2.53. The van der Waals surface area contributed by atoms with Gasteiger partial charge >= 0.3 is 6.09 Å². The van der Waals surface area contributed by atoms with Gasteiger partial charge in [0.05, 0.1) is 18.5 Å². The highest BCUT2D eigenvalue weighted by atomic mass is 35.5. The number of carbonyl (C=O) groups is 2. The van der Waals surface area contributed by atoms with E-state index in [1.807, 2.05) is 59.5 Å². The van der Waals surface area contributed by atoms with Gasteiger partial charge in [-0.05, 0) is 36.1 Å². The fourth-order valence-electron chi connectivity index (χ4n) is 5.27. The Kier molecular flexibility index (Phi) is 5.59. The number of ether oxygens (including phenoxy) is 2. The smallest absolute Gasteiger partial charge is 0.410 e. The quantitative estimate of drug-likeness (QED) is 0.700. The van der Waals surface area contributed by atoms with Gasteiger partial charge in [0.1, 0.15) is 0 Å². The predicted octanol–water partition coefficient (Wildman–Crippen LogP) is 4.01. The molecule has 0 bridgehead atoms. The van der Waals surface area contributed by atoms with Crippen LogP contribution >= 0.6 is 11.6 Å². The largest absolute Gasteiger partial charge is 0.439 e. The molecular formula is C25H27ClN2O4. The average molecular weight is 455 g/mol. The van der Waals surface area contributed by atoms with E-state index in [9.17, 15) is 9.59 Å². The lowest BCUT2D eigenvalue weighted by atomic mass is 9.73. The molecule has 3 aliphatic heterocycles. The molecule has 1 atom stereocenters. The summed E-state index contributed by atoms with van der Waals surface area (Å²) >= 11 is 6.10. The number of hydrogen-bond acceptors (Lipinski definition) is 4. The summed E-state index contributed by atoms with van der Waals surface area (Å²) in [6.07, 6.45) is 1.62. The molecule has 6 nitrogen and oxygen atoms in total. The number of carbonyl (C=O) groups excluding carboxylic acids is 2. The summed E-state index contributed by atoms with van der Waals surface area (Å²) in [7, 11) is 0. The maximum absolute atomic E-state index is 13.9. The number of likely N-dealkylation sites (tertiary alicyclic amines) is 1. The third kappa shape index (κ3) is 3.86. The van der Waals surface area contributed by atoms with Crippen molar-refractivity contribution in [3.63, 3.8) is 0 Å². The van der Waals surface area contributed by atoms with Crippen LogP contribution in [0.2, 0.25) is 5.02 Å². The van der Waals surface area contributed by atoms with Gasteiger partial charge < -0.3 is 14.4 Å². The van der Waals surface area contributed by atoms with E-state index < -0.39 is 11.0 Å². The van der Waals surface area contributed by atoms with E-state index in [4.69, 9.17) is 21.1 Å². The van der Waals surface area contributed by atoms with Gasteiger partial charge in [-0.25, -0.2) is 4.79 Å². The predicted molar refractivity (Wildman–Crippen MR) is 120 cm³/mol. The Morgan fingerprint density at radius 2 is 1.69 bits per heavy atom. The Hall–Kier alpha value is -2.57. The molecule has 2 aromatic rings. The van der Waals surface area contributed by atoms with Crippen molar-refractivity contribution in [3.05, 3.63) is 70.7 Å². The van der Waals surface area contributed by atoms with E-state index in [2.05, 4.69) is 0 Å². The van der Waals surface area contributed by atoms with Gasteiger partial charge in [0, 0.05) is 37.7 Å². The zero-order chi connectivity index (χ0) is 22.2. The first kappa shape index (κ1) is 21.3. The minimum absolute atomic E-state index is 0.0950. The summed E-state index contributed by atoms with van der Waals surface area (Å²) < 4.78 is 11.5. The first-order chi connectivity index (χ1) is 15.5. The molecule has 7 heteroatoms. The first-order valence-corrected chi connectivity index (χ1v) is 11.5. The van der Waals surface area contributed by atoms with Crippen LogP contribution in [-0.2, 0) is 26.2 Å².